The van der Waals surface area contributed by atoms with Gasteiger partial charge in [-0.05, 0) is 60.0 Å². The number of pyridine rings is 1. The Labute approximate surface area is 136 Å². The summed E-state index contributed by atoms with van der Waals surface area (Å²) >= 11 is 0. The Kier molecular flexibility index (Phi) is 3.79. The van der Waals surface area contributed by atoms with Crippen LogP contribution in [0.25, 0.3) is 22.5 Å². The summed E-state index contributed by atoms with van der Waals surface area (Å²) in [7, 11) is 0. The molecule has 6 nitrogen and oxygen atoms in total. The second-order valence-electron chi connectivity index (χ2n) is 5.17. The maximum absolute atomic E-state index is 12.8. The minimum absolute atomic E-state index is 0.0115. The topological polar surface area (TPSA) is 99.8 Å². The van der Waals surface area contributed by atoms with Gasteiger partial charge in [0.1, 0.15) is 11.5 Å². The molecular formula is C18H13NO5. The molecule has 0 aliphatic carbocycles. The minimum Gasteiger partial charge on any atom is -0.508 e. The fourth-order valence-corrected chi connectivity index (χ4v) is 2.47. The van der Waals surface area contributed by atoms with Crippen molar-refractivity contribution >= 4 is 22.8 Å². The van der Waals surface area contributed by atoms with E-state index in [1.54, 1.807) is 18.2 Å². The van der Waals surface area contributed by atoms with Crippen molar-refractivity contribution in [1.29, 1.82) is 0 Å². The van der Waals surface area contributed by atoms with E-state index in [0.29, 0.717) is 22.2 Å². The summed E-state index contributed by atoms with van der Waals surface area (Å²) in [6.07, 6.45) is 2.24. The third kappa shape index (κ3) is 2.85. The highest BCUT2D eigenvalue weighted by molar-refractivity contribution is 5.88. The van der Waals surface area contributed by atoms with E-state index in [1.165, 1.54) is 41.0 Å². The molecule has 1 aromatic heterocycles. The Hall–Kier alpha value is -3.54. The number of carboxylic acids is 1. The van der Waals surface area contributed by atoms with Gasteiger partial charge in [0.05, 0.1) is 5.69 Å². The van der Waals surface area contributed by atoms with Gasteiger partial charge in [-0.25, -0.2) is 4.79 Å². The molecule has 6 heteroatoms. The van der Waals surface area contributed by atoms with E-state index >= 15 is 0 Å². The Bertz CT molecular complexity index is 1020. The fourth-order valence-electron chi connectivity index (χ4n) is 2.47. The first kappa shape index (κ1) is 15.4. The lowest BCUT2D eigenvalue weighted by atomic mass is 10.1. The van der Waals surface area contributed by atoms with Crippen molar-refractivity contribution in [1.82, 2.24) is 4.57 Å². The summed E-state index contributed by atoms with van der Waals surface area (Å²) in [6, 6.07) is 12.0. The van der Waals surface area contributed by atoms with Gasteiger partial charge in [0, 0.05) is 17.1 Å². The molecule has 0 amide bonds. The van der Waals surface area contributed by atoms with Crippen LogP contribution in [0.15, 0.2) is 59.4 Å². The lowest BCUT2D eigenvalue weighted by Crippen LogP contribution is -2.20. The van der Waals surface area contributed by atoms with Gasteiger partial charge in [0.25, 0.3) is 5.56 Å². The zero-order valence-electron chi connectivity index (χ0n) is 12.4. The molecule has 0 bridgehead atoms. The monoisotopic (exact) mass is 323 g/mol. The lowest BCUT2D eigenvalue weighted by Gasteiger charge is -2.12. The molecule has 24 heavy (non-hydrogen) atoms. The number of rotatable bonds is 3. The number of aliphatic carboxylic acids is 1. The van der Waals surface area contributed by atoms with Crippen LogP contribution >= 0.6 is 0 Å². The molecule has 0 radical (unpaired) electrons. The molecule has 0 aliphatic heterocycles. The van der Waals surface area contributed by atoms with Crippen LogP contribution in [0.3, 0.4) is 0 Å². The summed E-state index contributed by atoms with van der Waals surface area (Å²) in [5.74, 6) is -1.08. The second-order valence-corrected chi connectivity index (χ2v) is 5.17. The SMILES string of the molecule is O=C(O)/C=C/c1cc2cc(O)ccc2c(=O)n1-c1ccc(O)cc1. The van der Waals surface area contributed by atoms with Crippen LogP contribution in [0.1, 0.15) is 5.69 Å². The maximum atomic E-state index is 12.8. The molecule has 0 atom stereocenters. The van der Waals surface area contributed by atoms with Crippen LogP contribution in [-0.4, -0.2) is 25.9 Å². The zero-order chi connectivity index (χ0) is 17.3. The molecule has 0 saturated heterocycles. The van der Waals surface area contributed by atoms with Crippen LogP contribution in [0, 0.1) is 0 Å². The van der Waals surface area contributed by atoms with Crippen molar-refractivity contribution in [2.75, 3.05) is 0 Å². The standard InChI is InChI=1S/C18H13NO5/c20-14-4-1-12(2-5-14)19-13(3-8-17(22)23)9-11-10-15(21)6-7-16(11)18(19)24/h1-10,20-21H,(H,22,23)/b8-3+. The number of nitrogens with zero attached hydrogens (tertiary/aromatic N) is 1. The van der Waals surface area contributed by atoms with Crippen molar-refractivity contribution in [3.63, 3.8) is 0 Å². The Morgan fingerprint density at radius 1 is 0.958 bits per heavy atom. The van der Waals surface area contributed by atoms with Gasteiger partial charge in [-0.15, -0.1) is 0 Å². The molecule has 0 fully saturated rings. The molecule has 3 aromatic rings. The highest BCUT2D eigenvalue weighted by atomic mass is 16.4. The third-order valence-corrected chi connectivity index (χ3v) is 3.53. The number of carboxylic acid groups (broad SMARTS) is 1. The number of benzene rings is 2. The predicted molar refractivity (Wildman–Crippen MR) is 89.5 cm³/mol. The molecule has 3 rings (SSSR count). The number of hydrogen-bond donors (Lipinski definition) is 3. The molecule has 0 saturated carbocycles. The largest absolute Gasteiger partial charge is 0.508 e. The van der Waals surface area contributed by atoms with E-state index in [4.69, 9.17) is 5.11 Å². The summed E-state index contributed by atoms with van der Waals surface area (Å²) in [5, 5.41) is 28.7. The van der Waals surface area contributed by atoms with E-state index in [1.807, 2.05) is 0 Å². The summed E-state index contributed by atoms with van der Waals surface area (Å²) in [5.41, 5.74) is 0.465. The lowest BCUT2D eigenvalue weighted by molar-refractivity contribution is -0.131. The van der Waals surface area contributed by atoms with Crippen molar-refractivity contribution in [3.8, 4) is 17.2 Å². The maximum Gasteiger partial charge on any atom is 0.328 e. The molecule has 1 heterocycles. The smallest absolute Gasteiger partial charge is 0.328 e. The number of phenolic OH excluding ortho intramolecular Hbond substituents is 2. The molecule has 0 unspecified atom stereocenters. The number of fused-ring (bicyclic) bond motifs is 1. The van der Waals surface area contributed by atoms with Crippen molar-refractivity contribution < 1.29 is 20.1 Å². The Morgan fingerprint density at radius 2 is 1.62 bits per heavy atom. The molecule has 2 aromatic carbocycles. The van der Waals surface area contributed by atoms with E-state index in [-0.39, 0.29) is 17.1 Å². The summed E-state index contributed by atoms with van der Waals surface area (Å²) in [4.78, 5) is 23.6. The normalized spacial score (nSPS) is 11.2. The number of phenols is 2. The Balaban J connectivity index is 2.35. The third-order valence-electron chi connectivity index (χ3n) is 3.53. The van der Waals surface area contributed by atoms with Crippen LogP contribution in [0.4, 0.5) is 0 Å². The first-order valence-corrected chi connectivity index (χ1v) is 7.05. The zero-order valence-corrected chi connectivity index (χ0v) is 12.4. The minimum atomic E-state index is -1.14. The van der Waals surface area contributed by atoms with Gasteiger partial charge in [0.2, 0.25) is 0 Å². The van der Waals surface area contributed by atoms with Crippen LogP contribution < -0.4 is 5.56 Å². The van der Waals surface area contributed by atoms with Crippen molar-refractivity contribution in [2.45, 2.75) is 0 Å². The molecule has 120 valence electrons. The van der Waals surface area contributed by atoms with Gasteiger partial charge in [-0.3, -0.25) is 9.36 Å². The van der Waals surface area contributed by atoms with Gasteiger partial charge in [-0.2, -0.15) is 0 Å². The van der Waals surface area contributed by atoms with Gasteiger partial charge in [-0.1, -0.05) is 0 Å². The average Bonchev–Trinajstić information content (AvgIpc) is 2.54. The highest BCUT2D eigenvalue weighted by Crippen LogP contribution is 2.22. The van der Waals surface area contributed by atoms with E-state index < -0.39 is 5.97 Å². The quantitative estimate of drug-likeness (QED) is 0.643. The van der Waals surface area contributed by atoms with Crippen LogP contribution in [0.5, 0.6) is 11.5 Å². The molecule has 0 spiro atoms. The molecular weight excluding hydrogens is 310 g/mol. The second kappa shape index (κ2) is 5.92. The Morgan fingerprint density at radius 3 is 2.29 bits per heavy atom. The van der Waals surface area contributed by atoms with E-state index in [9.17, 15) is 19.8 Å². The summed E-state index contributed by atoms with van der Waals surface area (Å²) < 4.78 is 1.35. The fraction of sp³-hybridized carbons (Fsp3) is 0. The first-order valence-electron chi connectivity index (χ1n) is 7.05. The van der Waals surface area contributed by atoms with E-state index in [2.05, 4.69) is 0 Å². The molecule has 3 N–H and O–H groups in total. The van der Waals surface area contributed by atoms with Gasteiger partial charge >= 0.3 is 5.97 Å². The predicted octanol–water partition coefficient (Wildman–Crippen LogP) is 2.50. The number of hydrogen-bond acceptors (Lipinski definition) is 4. The van der Waals surface area contributed by atoms with Crippen LogP contribution in [-0.2, 0) is 4.79 Å². The summed E-state index contributed by atoms with van der Waals surface area (Å²) in [6.45, 7) is 0. The molecule has 0 aliphatic rings. The van der Waals surface area contributed by atoms with Crippen molar-refractivity contribution in [2.24, 2.45) is 0 Å². The highest BCUT2D eigenvalue weighted by Gasteiger charge is 2.10. The number of aromatic hydroxyl groups is 2. The number of aromatic nitrogens is 1. The first-order chi connectivity index (χ1) is 11.5. The van der Waals surface area contributed by atoms with Gasteiger partial charge < -0.3 is 15.3 Å². The number of carbonyl (C=O) groups is 1. The van der Waals surface area contributed by atoms with Crippen molar-refractivity contribution in [3.05, 3.63) is 70.7 Å². The van der Waals surface area contributed by atoms with Crippen LogP contribution in [0.2, 0.25) is 0 Å². The van der Waals surface area contributed by atoms with E-state index in [0.717, 1.165) is 6.08 Å². The average molecular weight is 323 g/mol. The van der Waals surface area contributed by atoms with Gasteiger partial charge in [0.15, 0.2) is 0 Å².